The largest absolute Gasteiger partial charge is 0.383 e. The molecule has 0 amide bonds. The highest BCUT2D eigenvalue weighted by molar-refractivity contribution is 5.87. The lowest BCUT2D eigenvalue weighted by Crippen LogP contribution is -1.98. The number of hydrogen-bond acceptors (Lipinski definition) is 4. The molecule has 0 fully saturated rings. The fourth-order valence-corrected chi connectivity index (χ4v) is 2.22. The predicted octanol–water partition coefficient (Wildman–Crippen LogP) is 2.43. The van der Waals surface area contributed by atoms with E-state index in [0.717, 1.165) is 27.9 Å². The average Bonchev–Trinajstić information content (AvgIpc) is 2.76. The van der Waals surface area contributed by atoms with Crippen molar-refractivity contribution in [1.82, 2.24) is 19.7 Å². The normalized spacial score (nSPS) is 10.7. The fourth-order valence-electron chi connectivity index (χ4n) is 2.22. The lowest BCUT2D eigenvalue weighted by Gasteiger charge is -2.04. The number of pyridine rings is 2. The van der Waals surface area contributed by atoms with E-state index in [9.17, 15) is 0 Å². The molecule has 2 N–H and O–H groups in total. The van der Waals surface area contributed by atoms with Gasteiger partial charge in [0.1, 0.15) is 11.5 Å². The van der Waals surface area contributed by atoms with Gasteiger partial charge in [-0.3, -0.25) is 14.6 Å². The van der Waals surface area contributed by atoms with E-state index in [1.165, 1.54) is 0 Å². The molecule has 0 atom stereocenters. The minimum atomic E-state index is 0.620. The topological polar surface area (TPSA) is 69.6 Å². The minimum absolute atomic E-state index is 0.620. The molecule has 3 aromatic heterocycles. The molecule has 0 aliphatic rings. The first-order valence-corrected chi connectivity index (χ1v) is 6.31. The van der Waals surface area contributed by atoms with Crippen LogP contribution in [0.4, 0.5) is 5.82 Å². The zero-order valence-corrected chi connectivity index (χ0v) is 11.4. The summed E-state index contributed by atoms with van der Waals surface area (Å²) in [6, 6.07) is 5.92. The molecule has 0 saturated carbocycles. The predicted molar refractivity (Wildman–Crippen MR) is 78.8 cm³/mol. The van der Waals surface area contributed by atoms with Crippen LogP contribution in [0.2, 0.25) is 0 Å². The Morgan fingerprint density at radius 3 is 2.60 bits per heavy atom. The van der Waals surface area contributed by atoms with Crippen molar-refractivity contribution >= 4 is 5.82 Å². The summed E-state index contributed by atoms with van der Waals surface area (Å²) in [5.74, 6) is 0.620. The van der Waals surface area contributed by atoms with Gasteiger partial charge < -0.3 is 5.73 Å². The van der Waals surface area contributed by atoms with Gasteiger partial charge in [-0.15, -0.1) is 0 Å². The quantitative estimate of drug-likeness (QED) is 0.772. The molecule has 0 aliphatic heterocycles. The smallest absolute Gasteiger partial charge is 0.129 e. The zero-order chi connectivity index (χ0) is 14.1. The fraction of sp³-hybridized carbons (Fsp3) is 0.133. The van der Waals surface area contributed by atoms with E-state index in [1.807, 2.05) is 32.3 Å². The van der Waals surface area contributed by atoms with Crippen LogP contribution in [0, 0.1) is 6.92 Å². The van der Waals surface area contributed by atoms with Crippen LogP contribution >= 0.6 is 0 Å². The van der Waals surface area contributed by atoms with Gasteiger partial charge in [-0.2, -0.15) is 5.10 Å². The summed E-state index contributed by atoms with van der Waals surface area (Å²) in [6.07, 6.45) is 7.15. The second kappa shape index (κ2) is 4.77. The molecule has 0 aromatic carbocycles. The highest BCUT2D eigenvalue weighted by atomic mass is 15.3. The molecule has 0 unspecified atom stereocenters. The second-order valence-corrected chi connectivity index (χ2v) is 4.73. The molecular formula is C15H15N5. The maximum atomic E-state index is 6.16. The van der Waals surface area contributed by atoms with Crippen LogP contribution in [-0.4, -0.2) is 19.7 Å². The number of nitrogen functional groups attached to an aromatic ring is 1. The van der Waals surface area contributed by atoms with Crippen molar-refractivity contribution in [1.29, 1.82) is 0 Å². The van der Waals surface area contributed by atoms with Crippen LogP contribution in [0.3, 0.4) is 0 Å². The summed E-state index contributed by atoms with van der Waals surface area (Å²) >= 11 is 0. The molecule has 3 rings (SSSR count). The summed E-state index contributed by atoms with van der Waals surface area (Å²) in [5.41, 5.74) is 10.9. The van der Waals surface area contributed by atoms with E-state index >= 15 is 0 Å². The third-order valence-corrected chi connectivity index (χ3v) is 3.19. The lowest BCUT2D eigenvalue weighted by molar-refractivity contribution is 0.782. The van der Waals surface area contributed by atoms with Crippen LogP contribution in [-0.2, 0) is 7.05 Å². The third-order valence-electron chi connectivity index (χ3n) is 3.19. The second-order valence-electron chi connectivity index (χ2n) is 4.73. The molecule has 3 aromatic rings. The van der Waals surface area contributed by atoms with Gasteiger partial charge in [-0.1, -0.05) is 6.07 Å². The van der Waals surface area contributed by atoms with Crippen molar-refractivity contribution in [2.45, 2.75) is 6.92 Å². The Hall–Kier alpha value is -2.69. The molecule has 0 saturated heterocycles. The maximum Gasteiger partial charge on any atom is 0.129 e. The maximum absolute atomic E-state index is 6.16. The van der Waals surface area contributed by atoms with Gasteiger partial charge in [0.25, 0.3) is 0 Å². The van der Waals surface area contributed by atoms with E-state index in [1.54, 1.807) is 23.3 Å². The Bertz CT molecular complexity index is 746. The third kappa shape index (κ3) is 2.03. The van der Waals surface area contributed by atoms with Crippen LogP contribution in [0.5, 0.6) is 0 Å². The molecule has 100 valence electrons. The number of nitrogens with zero attached hydrogens (tertiary/aromatic N) is 4. The number of anilines is 1. The SMILES string of the molecule is Cc1cncc(-c2nn(C)c(N)c2-c2cccnc2)c1. The van der Waals surface area contributed by atoms with E-state index in [0.29, 0.717) is 5.82 Å². The van der Waals surface area contributed by atoms with Crippen LogP contribution in [0.25, 0.3) is 22.4 Å². The lowest BCUT2D eigenvalue weighted by atomic mass is 10.0. The van der Waals surface area contributed by atoms with Crippen molar-refractivity contribution in [2.75, 3.05) is 5.73 Å². The number of nitrogens with two attached hydrogens (primary N) is 1. The zero-order valence-electron chi connectivity index (χ0n) is 11.4. The highest BCUT2D eigenvalue weighted by Gasteiger charge is 2.17. The highest BCUT2D eigenvalue weighted by Crippen LogP contribution is 2.35. The Kier molecular flexibility index (Phi) is 2.95. The van der Waals surface area contributed by atoms with Crippen molar-refractivity contribution in [3.05, 3.63) is 48.5 Å². The van der Waals surface area contributed by atoms with Gasteiger partial charge in [0, 0.05) is 43.0 Å². The Balaban J connectivity index is 2.25. The van der Waals surface area contributed by atoms with Crippen molar-refractivity contribution in [3.8, 4) is 22.4 Å². The number of aromatic nitrogens is 4. The molecule has 20 heavy (non-hydrogen) atoms. The molecule has 0 aliphatic carbocycles. The summed E-state index contributed by atoms with van der Waals surface area (Å²) in [6.45, 7) is 2.01. The molecule has 5 nitrogen and oxygen atoms in total. The van der Waals surface area contributed by atoms with Crippen molar-refractivity contribution in [2.24, 2.45) is 7.05 Å². The van der Waals surface area contributed by atoms with E-state index in [-0.39, 0.29) is 0 Å². The van der Waals surface area contributed by atoms with E-state index < -0.39 is 0 Å². The van der Waals surface area contributed by atoms with Gasteiger partial charge in [0.15, 0.2) is 0 Å². The van der Waals surface area contributed by atoms with E-state index in [2.05, 4.69) is 21.1 Å². The summed E-state index contributed by atoms with van der Waals surface area (Å²) in [4.78, 5) is 8.38. The Morgan fingerprint density at radius 2 is 1.90 bits per heavy atom. The van der Waals surface area contributed by atoms with Crippen molar-refractivity contribution < 1.29 is 0 Å². The van der Waals surface area contributed by atoms with Gasteiger partial charge in [-0.05, 0) is 24.6 Å². The Morgan fingerprint density at radius 1 is 1.10 bits per heavy atom. The van der Waals surface area contributed by atoms with Gasteiger partial charge in [0.2, 0.25) is 0 Å². The minimum Gasteiger partial charge on any atom is -0.383 e. The molecule has 0 spiro atoms. The molecular weight excluding hydrogens is 250 g/mol. The summed E-state index contributed by atoms with van der Waals surface area (Å²) in [7, 11) is 1.84. The number of rotatable bonds is 2. The van der Waals surface area contributed by atoms with Gasteiger partial charge in [-0.25, -0.2) is 0 Å². The average molecular weight is 265 g/mol. The van der Waals surface area contributed by atoms with Crippen LogP contribution < -0.4 is 5.73 Å². The molecule has 0 radical (unpaired) electrons. The summed E-state index contributed by atoms with van der Waals surface area (Å²) < 4.78 is 1.68. The first kappa shape index (κ1) is 12.3. The number of hydrogen-bond donors (Lipinski definition) is 1. The first-order chi connectivity index (χ1) is 9.66. The van der Waals surface area contributed by atoms with Crippen LogP contribution in [0.15, 0.2) is 43.0 Å². The van der Waals surface area contributed by atoms with Gasteiger partial charge in [0.05, 0.1) is 5.56 Å². The molecule has 5 heteroatoms. The first-order valence-electron chi connectivity index (χ1n) is 6.31. The van der Waals surface area contributed by atoms with E-state index in [4.69, 9.17) is 5.73 Å². The number of aryl methyl sites for hydroxylation is 2. The summed E-state index contributed by atoms with van der Waals surface area (Å²) in [5, 5.41) is 4.52. The van der Waals surface area contributed by atoms with Gasteiger partial charge >= 0.3 is 0 Å². The van der Waals surface area contributed by atoms with Crippen LogP contribution in [0.1, 0.15) is 5.56 Å². The monoisotopic (exact) mass is 265 g/mol. The molecule has 0 bridgehead atoms. The standard InChI is InChI=1S/C15H15N5/c1-10-6-12(9-18-7-10)14-13(15(16)20(2)19-14)11-4-3-5-17-8-11/h3-9H,16H2,1-2H3. The Labute approximate surface area is 117 Å². The van der Waals surface area contributed by atoms with Crippen molar-refractivity contribution in [3.63, 3.8) is 0 Å². The molecule has 3 heterocycles.